The van der Waals surface area contributed by atoms with Crippen molar-refractivity contribution in [2.24, 2.45) is 0 Å². The van der Waals surface area contributed by atoms with E-state index in [0.717, 1.165) is 42.7 Å². The van der Waals surface area contributed by atoms with Crippen molar-refractivity contribution in [2.75, 3.05) is 44.2 Å². The number of benzene rings is 1. The number of hydrogen-bond donors (Lipinski definition) is 3. The van der Waals surface area contributed by atoms with Crippen LogP contribution in [0.25, 0.3) is 16.6 Å². The number of nitrogens with one attached hydrogen (secondary N) is 3. The first kappa shape index (κ1) is 23.9. The summed E-state index contributed by atoms with van der Waals surface area (Å²) in [7, 11) is 0. The second-order valence-electron chi connectivity index (χ2n) is 9.79. The second kappa shape index (κ2) is 10.4. The molecule has 0 radical (unpaired) electrons. The van der Waals surface area contributed by atoms with Crippen LogP contribution in [0.15, 0.2) is 30.6 Å². The summed E-state index contributed by atoms with van der Waals surface area (Å²) in [5, 5.41) is 14.7. The molecule has 2 aliphatic rings. The normalized spacial score (nSPS) is 18.1. The van der Waals surface area contributed by atoms with Gasteiger partial charge in [0.05, 0.1) is 23.1 Å². The average molecular weight is 466 g/mol. The van der Waals surface area contributed by atoms with Gasteiger partial charge in [0.15, 0.2) is 0 Å². The summed E-state index contributed by atoms with van der Waals surface area (Å²) in [5.41, 5.74) is 3.48. The van der Waals surface area contributed by atoms with Gasteiger partial charge in [0.2, 0.25) is 0 Å². The third kappa shape index (κ3) is 5.83. The third-order valence-corrected chi connectivity index (χ3v) is 6.09. The summed E-state index contributed by atoms with van der Waals surface area (Å²) >= 11 is 0. The van der Waals surface area contributed by atoms with Crippen LogP contribution in [-0.4, -0.2) is 78.1 Å². The number of nitrogens with zero attached hydrogens (tertiary/aromatic N) is 4. The highest BCUT2D eigenvalue weighted by Gasteiger charge is 2.26. The summed E-state index contributed by atoms with van der Waals surface area (Å²) in [6.45, 7) is 10.2. The van der Waals surface area contributed by atoms with Gasteiger partial charge in [-0.05, 0) is 58.8 Å². The Kier molecular flexibility index (Phi) is 7.31. The first-order valence-corrected chi connectivity index (χ1v) is 12.0. The Balaban J connectivity index is 1.51. The minimum atomic E-state index is -0.501. The van der Waals surface area contributed by atoms with Gasteiger partial charge >= 0.3 is 6.09 Å². The van der Waals surface area contributed by atoms with Crippen molar-refractivity contribution in [1.82, 2.24) is 25.5 Å². The van der Waals surface area contributed by atoms with Gasteiger partial charge < -0.3 is 30.6 Å². The number of fused-ring (bicyclic) bond motifs is 1. The number of allylic oxidation sites excluding steroid dienone is 1. The SMILES string of the molecule is CC(C)(C)OC(=O)N1CCN(c2cccc3ncc(/C(C=N)=C/NC4CCNCC4)nc23)CC1. The largest absolute Gasteiger partial charge is 0.444 e. The number of carbonyl (C=O) groups excluding carboxylic acids is 1. The number of aromatic nitrogens is 2. The lowest BCUT2D eigenvalue weighted by molar-refractivity contribution is 0.0240. The zero-order valence-electron chi connectivity index (χ0n) is 20.3. The fourth-order valence-electron chi connectivity index (χ4n) is 4.25. The molecule has 1 amide bonds. The van der Waals surface area contributed by atoms with Gasteiger partial charge in [-0.1, -0.05) is 6.07 Å². The van der Waals surface area contributed by atoms with Gasteiger partial charge in [0.1, 0.15) is 11.1 Å². The van der Waals surface area contributed by atoms with E-state index >= 15 is 0 Å². The number of piperidine rings is 1. The van der Waals surface area contributed by atoms with E-state index in [1.54, 1.807) is 11.1 Å². The number of ether oxygens (including phenoxy) is 1. The average Bonchev–Trinajstić information content (AvgIpc) is 2.84. The van der Waals surface area contributed by atoms with Gasteiger partial charge in [0.25, 0.3) is 0 Å². The molecule has 0 aliphatic carbocycles. The van der Waals surface area contributed by atoms with E-state index in [4.69, 9.17) is 15.1 Å². The summed E-state index contributed by atoms with van der Waals surface area (Å²) in [4.78, 5) is 26.0. The van der Waals surface area contributed by atoms with Gasteiger partial charge in [0, 0.05) is 50.2 Å². The highest BCUT2D eigenvalue weighted by molar-refractivity contribution is 6.07. The number of rotatable bonds is 5. The minimum Gasteiger partial charge on any atom is -0.444 e. The van der Waals surface area contributed by atoms with E-state index < -0.39 is 5.60 Å². The lowest BCUT2D eigenvalue weighted by Crippen LogP contribution is -2.50. The summed E-state index contributed by atoms with van der Waals surface area (Å²) < 4.78 is 5.52. The first-order valence-electron chi connectivity index (χ1n) is 12.0. The lowest BCUT2D eigenvalue weighted by Gasteiger charge is -2.37. The highest BCUT2D eigenvalue weighted by atomic mass is 16.6. The number of piperazine rings is 1. The molecule has 3 N–H and O–H groups in total. The number of amides is 1. The van der Waals surface area contributed by atoms with Gasteiger partial charge in [-0.25, -0.2) is 9.78 Å². The maximum Gasteiger partial charge on any atom is 0.410 e. The van der Waals surface area contributed by atoms with E-state index in [-0.39, 0.29) is 6.09 Å². The monoisotopic (exact) mass is 465 g/mol. The third-order valence-electron chi connectivity index (χ3n) is 6.09. The summed E-state index contributed by atoms with van der Waals surface area (Å²) in [6.07, 6.45) is 6.80. The lowest BCUT2D eigenvalue weighted by atomic mass is 10.1. The first-order chi connectivity index (χ1) is 16.3. The molecule has 4 rings (SSSR count). The molecule has 3 heterocycles. The maximum absolute atomic E-state index is 12.4. The van der Waals surface area contributed by atoms with Gasteiger partial charge in [-0.3, -0.25) is 4.98 Å². The van der Waals surface area contributed by atoms with E-state index in [0.29, 0.717) is 43.5 Å². The molecule has 0 bridgehead atoms. The zero-order valence-corrected chi connectivity index (χ0v) is 20.3. The molecule has 2 saturated heterocycles. The number of anilines is 1. The Hall–Kier alpha value is -3.20. The fourth-order valence-corrected chi connectivity index (χ4v) is 4.25. The molecule has 2 aliphatic heterocycles. The van der Waals surface area contributed by atoms with Crippen LogP contribution in [0.3, 0.4) is 0 Å². The quantitative estimate of drug-likeness (QED) is 0.583. The van der Waals surface area contributed by atoms with E-state index in [1.165, 1.54) is 6.21 Å². The molecule has 0 spiro atoms. The molecule has 9 heteroatoms. The molecule has 182 valence electrons. The van der Waals surface area contributed by atoms with Crippen LogP contribution < -0.4 is 15.5 Å². The molecule has 34 heavy (non-hydrogen) atoms. The summed E-state index contributed by atoms with van der Waals surface area (Å²) in [6, 6.07) is 6.39. The Bertz CT molecular complexity index is 1050. The Morgan fingerprint density at radius 2 is 1.94 bits per heavy atom. The Labute approximate surface area is 201 Å². The molecule has 0 saturated carbocycles. The maximum atomic E-state index is 12.4. The molecule has 2 fully saturated rings. The number of hydrogen-bond acceptors (Lipinski definition) is 8. The van der Waals surface area contributed by atoms with Gasteiger partial charge in [-0.15, -0.1) is 0 Å². The van der Waals surface area contributed by atoms with Crippen LogP contribution in [0.1, 0.15) is 39.3 Å². The van der Waals surface area contributed by atoms with Crippen LogP contribution >= 0.6 is 0 Å². The molecule has 2 aromatic rings. The molecule has 9 nitrogen and oxygen atoms in total. The second-order valence-corrected chi connectivity index (χ2v) is 9.79. The standard InChI is InChI=1S/C25H35N7O2/c1-25(2,3)34-24(33)32-13-11-31(12-14-32)22-6-4-5-20-23(22)30-21(17-29-20)18(15-26)16-28-19-7-9-27-10-8-19/h4-6,15-17,19,26-28H,7-14H2,1-3H3/b18-16+,26-15?. The van der Waals surface area contributed by atoms with Crippen molar-refractivity contribution in [2.45, 2.75) is 45.3 Å². The molecule has 1 aromatic carbocycles. The van der Waals surface area contributed by atoms with Crippen LogP contribution in [0.4, 0.5) is 10.5 Å². The highest BCUT2D eigenvalue weighted by Crippen LogP contribution is 2.26. The van der Waals surface area contributed by atoms with Crippen LogP contribution in [0, 0.1) is 5.41 Å². The number of para-hydroxylation sites is 1. The van der Waals surface area contributed by atoms with E-state index in [2.05, 4.69) is 20.5 Å². The Morgan fingerprint density at radius 1 is 1.21 bits per heavy atom. The van der Waals surface area contributed by atoms with Crippen molar-refractivity contribution < 1.29 is 9.53 Å². The number of carbonyl (C=O) groups is 1. The molecular formula is C25H35N7O2. The topological polar surface area (TPSA) is 106 Å². The summed E-state index contributed by atoms with van der Waals surface area (Å²) in [5.74, 6) is 0. The fraction of sp³-hybridized carbons (Fsp3) is 0.520. The van der Waals surface area contributed by atoms with Crippen LogP contribution in [0.5, 0.6) is 0 Å². The van der Waals surface area contributed by atoms with E-state index in [9.17, 15) is 4.79 Å². The van der Waals surface area contributed by atoms with Crippen LogP contribution in [-0.2, 0) is 4.74 Å². The van der Waals surface area contributed by atoms with Crippen molar-refractivity contribution in [1.29, 1.82) is 5.41 Å². The van der Waals surface area contributed by atoms with Crippen molar-refractivity contribution >= 4 is 34.6 Å². The van der Waals surface area contributed by atoms with Crippen molar-refractivity contribution in [3.05, 3.63) is 36.3 Å². The smallest absolute Gasteiger partial charge is 0.410 e. The predicted molar refractivity (Wildman–Crippen MR) is 135 cm³/mol. The predicted octanol–water partition coefficient (Wildman–Crippen LogP) is 3.02. The zero-order chi connectivity index (χ0) is 24.1. The van der Waals surface area contributed by atoms with Gasteiger partial charge in [-0.2, -0.15) is 0 Å². The van der Waals surface area contributed by atoms with E-state index in [1.807, 2.05) is 45.2 Å². The van der Waals surface area contributed by atoms with Crippen molar-refractivity contribution in [3.8, 4) is 0 Å². The molecular weight excluding hydrogens is 430 g/mol. The molecule has 0 atom stereocenters. The molecule has 1 aromatic heterocycles. The Morgan fingerprint density at radius 3 is 2.62 bits per heavy atom. The van der Waals surface area contributed by atoms with Crippen molar-refractivity contribution in [3.63, 3.8) is 0 Å². The van der Waals surface area contributed by atoms with Crippen LogP contribution in [0.2, 0.25) is 0 Å². The minimum absolute atomic E-state index is 0.269. The molecule has 0 unspecified atom stereocenters.